The van der Waals surface area contributed by atoms with Gasteiger partial charge in [-0.2, -0.15) is 5.10 Å². The normalized spacial score (nSPS) is 21.1. The highest BCUT2D eigenvalue weighted by atomic mass is 16.5. The van der Waals surface area contributed by atoms with Gasteiger partial charge in [0.05, 0.1) is 18.0 Å². The molecule has 1 saturated heterocycles. The predicted molar refractivity (Wildman–Crippen MR) is 124 cm³/mol. The summed E-state index contributed by atoms with van der Waals surface area (Å²) < 4.78 is 7.90. The zero-order chi connectivity index (χ0) is 21.0. The van der Waals surface area contributed by atoms with Crippen molar-refractivity contribution in [1.82, 2.24) is 20.4 Å². The molecule has 0 aromatic carbocycles. The van der Waals surface area contributed by atoms with Crippen molar-refractivity contribution in [3.63, 3.8) is 0 Å². The van der Waals surface area contributed by atoms with Crippen molar-refractivity contribution in [1.29, 1.82) is 0 Å². The third-order valence-electron chi connectivity index (χ3n) is 6.14. The maximum atomic E-state index is 6.03. The number of rotatable bonds is 10. The largest absolute Gasteiger partial charge is 0.378 e. The highest BCUT2D eigenvalue weighted by molar-refractivity contribution is 5.80. The Hall–Kier alpha value is -1.76. The number of hydrogen-bond acceptors (Lipinski definition) is 4. The predicted octanol–water partition coefficient (Wildman–Crippen LogP) is 3.46. The van der Waals surface area contributed by atoms with E-state index in [9.17, 15) is 0 Å². The Morgan fingerprint density at radius 3 is 2.80 bits per heavy atom. The SMILES string of the molecule is CCNC(=NCCCCCOC1CCCCC1)NC1CCCN(c2cnn(C)c2)C1. The highest BCUT2D eigenvalue weighted by Crippen LogP contribution is 2.21. The molecule has 7 nitrogen and oxygen atoms in total. The van der Waals surface area contributed by atoms with Gasteiger partial charge in [-0.15, -0.1) is 0 Å². The quantitative estimate of drug-likeness (QED) is 0.346. The van der Waals surface area contributed by atoms with Gasteiger partial charge in [-0.3, -0.25) is 9.67 Å². The van der Waals surface area contributed by atoms with Crippen LogP contribution < -0.4 is 15.5 Å². The molecule has 1 unspecified atom stereocenters. The van der Waals surface area contributed by atoms with Crippen molar-refractivity contribution in [2.45, 2.75) is 83.3 Å². The highest BCUT2D eigenvalue weighted by Gasteiger charge is 2.21. The first-order valence-corrected chi connectivity index (χ1v) is 12.1. The molecule has 1 aliphatic carbocycles. The summed E-state index contributed by atoms with van der Waals surface area (Å²) >= 11 is 0. The van der Waals surface area contributed by atoms with Crippen LogP contribution in [0.1, 0.15) is 71.1 Å². The van der Waals surface area contributed by atoms with Crippen molar-refractivity contribution in [2.75, 3.05) is 37.7 Å². The molecule has 2 N–H and O–H groups in total. The molecular formula is C23H42N6O. The van der Waals surface area contributed by atoms with Crippen LogP contribution in [0, 0.1) is 0 Å². The Balaban J connectivity index is 1.34. The second-order valence-corrected chi connectivity index (χ2v) is 8.75. The Labute approximate surface area is 182 Å². The van der Waals surface area contributed by atoms with Crippen molar-refractivity contribution in [3.8, 4) is 0 Å². The number of nitrogens with zero attached hydrogens (tertiary/aromatic N) is 4. The zero-order valence-electron chi connectivity index (χ0n) is 19.1. The molecule has 30 heavy (non-hydrogen) atoms. The molecule has 2 aliphatic rings. The summed E-state index contributed by atoms with van der Waals surface area (Å²) in [6, 6.07) is 0.417. The van der Waals surface area contributed by atoms with Crippen LogP contribution in [0.25, 0.3) is 0 Å². The van der Waals surface area contributed by atoms with Crippen molar-refractivity contribution in [2.24, 2.45) is 12.0 Å². The van der Waals surface area contributed by atoms with Gasteiger partial charge in [-0.1, -0.05) is 19.3 Å². The van der Waals surface area contributed by atoms with E-state index in [1.807, 2.05) is 17.9 Å². The smallest absolute Gasteiger partial charge is 0.191 e. The molecule has 2 heterocycles. The molecule has 0 bridgehead atoms. The molecule has 0 amide bonds. The molecule has 7 heteroatoms. The van der Waals surface area contributed by atoms with Gasteiger partial charge < -0.3 is 20.3 Å². The number of ether oxygens (including phenoxy) is 1. The second-order valence-electron chi connectivity index (χ2n) is 8.75. The molecule has 1 atom stereocenters. The van der Waals surface area contributed by atoms with Gasteiger partial charge in [0.1, 0.15) is 0 Å². The first-order chi connectivity index (χ1) is 14.7. The van der Waals surface area contributed by atoms with Gasteiger partial charge in [0.15, 0.2) is 5.96 Å². The fraction of sp³-hybridized carbons (Fsp3) is 0.826. The van der Waals surface area contributed by atoms with Crippen LogP contribution in [0.4, 0.5) is 5.69 Å². The number of aryl methyl sites for hydroxylation is 1. The van der Waals surface area contributed by atoms with Crippen LogP contribution in [0.15, 0.2) is 17.4 Å². The van der Waals surface area contributed by atoms with E-state index in [2.05, 4.69) is 33.8 Å². The Morgan fingerprint density at radius 1 is 1.17 bits per heavy atom. The molecule has 1 aromatic rings. The number of hydrogen-bond donors (Lipinski definition) is 2. The Bertz CT molecular complexity index is 625. The van der Waals surface area contributed by atoms with E-state index in [4.69, 9.17) is 9.73 Å². The maximum Gasteiger partial charge on any atom is 0.191 e. The van der Waals surface area contributed by atoms with Gasteiger partial charge in [-0.25, -0.2) is 0 Å². The first kappa shape index (κ1) is 22.9. The molecular weight excluding hydrogens is 376 g/mol. The number of aliphatic imine (C=N–C) groups is 1. The van der Waals surface area contributed by atoms with E-state index >= 15 is 0 Å². The lowest BCUT2D eigenvalue weighted by atomic mass is 9.98. The van der Waals surface area contributed by atoms with E-state index in [0.29, 0.717) is 12.1 Å². The van der Waals surface area contributed by atoms with Crippen LogP contribution in [0.3, 0.4) is 0 Å². The van der Waals surface area contributed by atoms with Crippen LogP contribution in [-0.4, -0.2) is 60.7 Å². The van der Waals surface area contributed by atoms with E-state index < -0.39 is 0 Å². The number of anilines is 1. The third-order valence-corrected chi connectivity index (χ3v) is 6.14. The molecule has 0 radical (unpaired) electrons. The van der Waals surface area contributed by atoms with Crippen LogP contribution in [0.2, 0.25) is 0 Å². The fourth-order valence-electron chi connectivity index (χ4n) is 4.48. The van der Waals surface area contributed by atoms with Crippen LogP contribution in [-0.2, 0) is 11.8 Å². The van der Waals surface area contributed by atoms with Gasteiger partial charge in [0, 0.05) is 52.1 Å². The lowest BCUT2D eigenvalue weighted by Gasteiger charge is -2.34. The molecule has 0 spiro atoms. The first-order valence-electron chi connectivity index (χ1n) is 12.1. The Kier molecular flexibility index (Phi) is 9.80. The second kappa shape index (κ2) is 12.8. The minimum absolute atomic E-state index is 0.417. The van der Waals surface area contributed by atoms with E-state index in [0.717, 1.165) is 51.6 Å². The van der Waals surface area contributed by atoms with E-state index in [-0.39, 0.29) is 0 Å². The van der Waals surface area contributed by atoms with Crippen LogP contribution in [0.5, 0.6) is 0 Å². The fourth-order valence-corrected chi connectivity index (χ4v) is 4.48. The minimum atomic E-state index is 0.417. The number of nitrogens with one attached hydrogen (secondary N) is 2. The summed E-state index contributed by atoms with van der Waals surface area (Å²) in [6.07, 6.45) is 17.0. The lowest BCUT2D eigenvalue weighted by Crippen LogP contribution is -2.51. The number of unbranched alkanes of at least 4 members (excludes halogenated alkanes) is 2. The van der Waals surface area contributed by atoms with Gasteiger partial charge >= 0.3 is 0 Å². The summed E-state index contributed by atoms with van der Waals surface area (Å²) in [6.45, 7) is 6.90. The molecule has 3 rings (SSSR count). The summed E-state index contributed by atoms with van der Waals surface area (Å²) in [4.78, 5) is 7.24. The molecule has 1 aliphatic heterocycles. The van der Waals surface area contributed by atoms with Crippen LogP contribution >= 0.6 is 0 Å². The van der Waals surface area contributed by atoms with Crippen molar-refractivity contribution < 1.29 is 4.74 Å². The summed E-state index contributed by atoms with van der Waals surface area (Å²) in [5.41, 5.74) is 1.21. The lowest BCUT2D eigenvalue weighted by molar-refractivity contribution is 0.0264. The van der Waals surface area contributed by atoms with Gasteiger partial charge in [0.2, 0.25) is 0 Å². The monoisotopic (exact) mass is 418 g/mol. The average Bonchev–Trinajstić information content (AvgIpc) is 3.20. The molecule has 1 aromatic heterocycles. The number of aromatic nitrogens is 2. The molecule has 170 valence electrons. The van der Waals surface area contributed by atoms with E-state index in [1.165, 1.54) is 57.1 Å². The molecule has 2 fully saturated rings. The third kappa shape index (κ3) is 7.82. The summed E-state index contributed by atoms with van der Waals surface area (Å²) in [5.74, 6) is 0.953. The van der Waals surface area contributed by atoms with Crippen molar-refractivity contribution in [3.05, 3.63) is 12.4 Å². The Morgan fingerprint density at radius 2 is 2.03 bits per heavy atom. The standard InChI is InChI=1S/C23H42N6O/c1-3-24-23(25-14-8-5-9-16-30-22-12-6-4-7-13-22)27-20-11-10-15-29(18-20)21-17-26-28(2)19-21/h17,19-20,22H,3-16,18H2,1-2H3,(H2,24,25,27). The topological polar surface area (TPSA) is 66.7 Å². The summed E-state index contributed by atoms with van der Waals surface area (Å²) in [7, 11) is 1.97. The van der Waals surface area contributed by atoms with Gasteiger partial charge in [0.25, 0.3) is 0 Å². The van der Waals surface area contributed by atoms with E-state index in [1.54, 1.807) is 0 Å². The maximum absolute atomic E-state index is 6.03. The molecule has 1 saturated carbocycles. The average molecular weight is 419 g/mol. The van der Waals surface area contributed by atoms with Gasteiger partial charge in [-0.05, 0) is 51.9 Å². The van der Waals surface area contributed by atoms with Crippen molar-refractivity contribution >= 4 is 11.6 Å². The number of piperidine rings is 1. The summed E-state index contributed by atoms with van der Waals surface area (Å²) in [5, 5.41) is 11.4. The minimum Gasteiger partial charge on any atom is -0.378 e. The zero-order valence-corrected chi connectivity index (χ0v) is 19.1. The number of guanidine groups is 1.